The molecule has 9 heteroatoms. The van der Waals surface area contributed by atoms with Crippen molar-refractivity contribution in [2.45, 2.75) is 19.9 Å². The predicted molar refractivity (Wildman–Crippen MR) is 131 cm³/mol. The van der Waals surface area contributed by atoms with E-state index < -0.39 is 11.3 Å². The number of hydrogen-bond donors (Lipinski definition) is 3. The second-order valence-corrected chi connectivity index (χ2v) is 7.64. The zero-order chi connectivity index (χ0) is 24.2. The summed E-state index contributed by atoms with van der Waals surface area (Å²) in [6.07, 6.45) is 3.46. The van der Waals surface area contributed by atoms with Crippen molar-refractivity contribution in [2.24, 2.45) is 0 Å². The van der Waals surface area contributed by atoms with Gasteiger partial charge in [0.2, 0.25) is 11.3 Å². The Hall–Kier alpha value is -4.53. The van der Waals surface area contributed by atoms with E-state index in [-0.39, 0.29) is 23.7 Å². The molecule has 0 unspecified atom stereocenters. The molecule has 9 nitrogen and oxygen atoms in total. The van der Waals surface area contributed by atoms with Crippen molar-refractivity contribution in [3.05, 3.63) is 82.3 Å². The Labute approximate surface area is 195 Å². The standard InChI is InChI=1S/C25H24N6O3/c1-3-31-23(26)21(25(34)27-2)22(33)18-8-9-19(30-24(18)31)16-6-4-15(5-7-16)14-20(32)29-17-10-12-28-13-11-17/h4-13H,3,14,26H2,1-2H3,(H,27,34)(H,28,29,32). The number of amides is 2. The van der Waals surface area contributed by atoms with Crippen molar-refractivity contribution in [1.29, 1.82) is 0 Å². The Morgan fingerprint density at radius 1 is 1.03 bits per heavy atom. The lowest BCUT2D eigenvalue weighted by atomic mass is 10.1. The van der Waals surface area contributed by atoms with Gasteiger partial charge in [0.05, 0.1) is 17.5 Å². The molecule has 0 aliphatic carbocycles. The fraction of sp³-hybridized carbons (Fsp3) is 0.160. The van der Waals surface area contributed by atoms with Gasteiger partial charge in [0.25, 0.3) is 5.91 Å². The lowest BCUT2D eigenvalue weighted by molar-refractivity contribution is -0.115. The van der Waals surface area contributed by atoms with Crippen LogP contribution in [0.25, 0.3) is 22.3 Å². The van der Waals surface area contributed by atoms with Crippen molar-refractivity contribution >= 4 is 34.4 Å². The summed E-state index contributed by atoms with van der Waals surface area (Å²) in [5.74, 6) is -0.573. The number of aromatic nitrogens is 3. The number of carbonyl (C=O) groups is 2. The highest BCUT2D eigenvalue weighted by atomic mass is 16.2. The van der Waals surface area contributed by atoms with Gasteiger partial charge in [0.15, 0.2) is 0 Å². The maximum atomic E-state index is 12.9. The maximum Gasteiger partial charge on any atom is 0.258 e. The normalized spacial score (nSPS) is 10.8. The zero-order valence-electron chi connectivity index (χ0n) is 18.8. The van der Waals surface area contributed by atoms with Crippen LogP contribution in [-0.2, 0) is 17.8 Å². The summed E-state index contributed by atoms with van der Waals surface area (Å²) in [6, 6.07) is 14.3. The van der Waals surface area contributed by atoms with Gasteiger partial charge in [-0.1, -0.05) is 24.3 Å². The van der Waals surface area contributed by atoms with Crippen LogP contribution in [0.5, 0.6) is 0 Å². The van der Waals surface area contributed by atoms with Crippen molar-refractivity contribution in [3.8, 4) is 11.3 Å². The Morgan fingerprint density at radius 3 is 2.38 bits per heavy atom. The molecule has 0 bridgehead atoms. The molecule has 3 heterocycles. The lowest BCUT2D eigenvalue weighted by Crippen LogP contribution is -2.30. The first kappa shape index (κ1) is 22.7. The smallest absolute Gasteiger partial charge is 0.258 e. The molecular formula is C25H24N6O3. The van der Waals surface area contributed by atoms with E-state index in [1.54, 1.807) is 41.2 Å². The molecule has 0 saturated heterocycles. The molecule has 0 radical (unpaired) electrons. The molecule has 0 spiro atoms. The van der Waals surface area contributed by atoms with E-state index in [4.69, 9.17) is 5.73 Å². The highest BCUT2D eigenvalue weighted by Crippen LogP contribution is 2.23. The number of nitrogens with zero attached hydrogens (tertiary/aromatic N) is 3. The molecule has 172 valence electrons. The lowest BCUT2D eigenvalue weighted by Gasteiger charge is -2.15. The average Bonchev–Trinajstić information content (AvgIpc) is 2.85. The summed E-state index contributed by atoms with van der Waals surface area (Å²) in [5.41, 5.74) is 9.06. The van der Waals surface area contributed by atoms with Gasteiger partial charge in [0, 0.05) is 37.2 Å². The largest absolute Gasteiger partial charge is 0.384 e. The van der Waals surface area contributed by atoms with E-state index in [2.05, 4.69) is 20.6 Å². The van der Waals surface area contributed by atoms with Crippen LogP contribution in [0.15, 0.2) is 65.7 Å². The van der Waals surface area contributed by atoms with Crippen LogP contribution in [0.3, 0.4) is 0 Å². The number of rotatable bonds is 6. The van der Waals surface area contributed by atoms with Crippen molar-refractivity contribution in [2.75, 3.05) is 18.1 Å². The van der Waals surface area contributed by atoms with Crippen molar-refractivity contribution in [3.63, 3.8) is 0 Å². The first-order valence-corrected chi connectivity index (χ1v) is 10.8. The third-order valence-corrected chi connectivity index (χ3v) is 5.50. The second kappa shape index (κ2) is 9.53. The quantitative estimate of drug-likeness (QED) is 0.409. The van der Waals surface area contributed by atoms with Gasteiger partial charge < -0.3 is 20.9 Å². The van der Waals surface area contributed by atoms with Gasteiger partial charge in [-0.15, -0.1) is 0 Å². The summed E-state index contributed by atoms with van der Waals surface area (Å²) in [7, 11) is 1.45. The predicted octanol–water partition coefficient (Wildman–Crippen LogP) is 2.60. The molecule has 4 aromatic rings. The number of nitrogen functional groups attached to an aromatic ring is 1. The molecular weight excluding hydrogens is 432 g/mol. The van der Waals surface area contributed by atoms with Gasteiger partial charge in [-0.2, -0.15) is 0 Å². The number of nitrogens with two attached hydrogens (primary N) is 1. The minimum Gasteiger partial charge on any atom is -0.384 e. The maximum absolute atomic E-state index is 12.9. The summed E-state index contributed by atoms with van der Waals surface area (Å²) >= 11 is 0. The number of pyridine rings is 3. The first-order valence-electron chi connectivity index (χ1n) is 10.8. The van der Waals surface area contributed by atoms with Crippen LogP contribution in [0.2, 0.25) is 0 Å². The van der Waals surface area contributed by atoms with E-state index >= 15 is 0 Å². The van der Waals surface area contributed by atoms with Crippen LogP contribution < -0.4 is 21.8 Å². The van der Waals surface area contributed by atoms with Crippen LogP contribution in [0.1, 0.15) is 22.8 Å². The molecule has 4 rings (SSSR count). The second-order valence-electron chi connectivity index (χ2n) is 7.64. The molecule has 1 aromatic carbocycles. The number of hydrogen-bond acceptors (Lipinski definition) is 6. The van der Waals surface area contributed by atoms with E-state index in [9.17, 15) is 14.4 Å². The highest BCUT2D eigenvalue weighted by Gasteiger charge is 2.20. The molecule has 0 saturated carbocycles. The SMILES string of the molecule is CCn1c(N)c(C(=O)NC)c(=O)c2ccc(-c3ccc(CC(=O)Nc4ccncc4)cc3)nc21. The van der Waals surface area contributed by atoms with Gasteiger partial charge in [-0.3, -0.25) is 19.4 Å². The minimum absolute atomic E-state index is 0.0826. The number of carbonyl (C=O) groups excluding carboxylic acids is 2. The summed E-state index contributed by atoms with van der Waals surface area (Å²) in [6.45, 7) is 2.31. The molecule has 3 aromatic heterocycles. The number of anilines is 2. The Bertz CT molecular complexity index is 1430. The number of benzene rings is 1. The fourth-order valence-electron chi connectivity index (χ4n) is 3.78. The number of aryl methyl sites for hydroxylation is 1. The molecule has 0 aliphatic heterocycles. The van der Waals surface area contributed by atoms with E-state index in [0.717, 1.165) is 11.1 Å². The van der Waals surface area contributed by atoms with Gasteiger partial charge in [-0.25, -0.2) is 4.98 Å². The van der Waals surface area contributed by atoms with E-state index in [1.807, 2.05) is 31.2 Å². The highest BCUT2D eigenvalue weighted by molar-refractivity contribution is 6.01. The zero-order valence-corrected chi connectivity index (χ0v) is 18.8. The molecule has 0 atom stereocenters. The first-order chi connectivity index (χ1) is 16.4. The van der Waals surface area contributed by atoms with E-state index in [0.29, 0.717) is 29.0 Å². The topological polar surface area (TPSA) is 132 Å². The monoisotopic (exact) mass is 456 g/mol. The van der Waals surface area contributed by atoms with Crippen molar-refractivity contribution < 1.29 is 9.59 Å². The Morgan fingerprint density at radius 2 is 1.74 bits per heavy atom. The van der Waals surface area contributed by atoms with Crippen LogP contribution >= 0.6 is 0 Å². The summed E-state index contributed by atoms with van der Waals surface area (Å²) in [5, 5.41) is 5.62. The molecule has 34 heavy (non-hydrogen) atoms. The third-order valence-electron chi connectivity index (χ3n) is 5.50. The average molecular weight is 457 g/mol. The number of fused-ring (bicyclic) bond motifs is 1. The molecule has 2 amide bonds. The van der Waals surface area contributed by atoms with Crippen molar-refractivity contribution in [1.82, 2.24) is 19.9 Å². The summed E-state index contributed by atoms with van der Waals surface area (Å²) < 4.78 is 1.66. The summed E-state index contributed by atoms with van der Waals surface area (Å²) in [4.78, 5) is 46.0. The Kier molecular flexibility index (Phi) is 6.35. The van der Waals surface area contributed by atoms with Crippen LogP contribution in [0.4, 0.5) is 11.5 Å². The molecule has 0 aliphatic rings. The van der Waals surface area contributed by atoms with Crippen LogP contribution in [0, 0.1) is 0 Å². The third kappa shape index (κ3) is 4.36. The minimum atomic E-state index is -0.528. The molecule has 0 fully saturated rings. The Balaban J connectivity index is 1.63. The van der Waals surface area contributed by atoms with Gasteiger partial charge >= 0.3 is 0 Å². The fourth-order valence-corrected chi connectivity index (χ4v) is 3.78. The van der Waals surface area contributed by atoms with E-state index in [1.165, 1.54) is 7.05 Å². The van der Waals surface area contributed by atoms with Gasteiger partial charge in [-0.05, 0) is 36.8 Å². The number of nitrogens with one attached hydrogen (secondary N) is 2. The van der Waals surface area contributed by atoms with Crippen LogP contribution in [-0.4, -0.2) is 33.4 Å². The molecule has 4 N–H and O–H groups in total. The van der Waals surface area contributed by atoms with Gasteiger partial charge in [0.1, 0.15) is 17.0 Å².